The van der Waals surface area contributed by atoms with Crippen molar-refractivity contribution in [2.75, 3.05) is 26.2 Å². The standard InChI is InChI=1S/C19H38N2Si/c1-18(2)22-17-11-12-19(20-13-7-3-4-8-14-20)21-15-9-5-6-10-16-21/h19H,1,3-17,22H2,2H3. The summed E-state index contributed by atoms with van der Waals surface area (Å²) in [7, 11) is 0.00116. The smallest absolute Gasteiger partial charge is 0.0622 e. The average molecular weight is 323 g/mol. The van der Waals surface area contributed by atoms with Crippen molar-refractivity contribution in [1.29, 1.82) is 0 Å². The van der Waals surface area contributed by atoms with E-state index in [4.69, 9.17) is 0 Å². The molecule has 0 radical (unpaired) electrons. The molecule has 0 N–H and O–H groups in total. The first kappa shape index (κ1) is 18.2. The lowest BCUT2D eigenvalue weighted by molar-refractivity contribution is 0.0393. The highest BCUT2D eigenvalue weighted by Gasteiger charge is 2.25. The summed E-state index contributed by atoms with van der Waals surface area (Å²) < 4.78 is 0. The molecule has 2 heterocycles. The Morgan fingerprint density at radius 1 is 0.864 bits per heavy atom. The van der Waals surface area contributed by atoms with Crippen LogP contribution >= 0.6 is 0 Å². The molecule has 128 valence electrons. The largest absolute Gasteiger partial charge is 0.288 e. The van der Waals surface area contributed by atoms with Gasteiger partial charge in [-0.1, -0.05) is 43.3 Å². The Bertz CT molecular complexity index is 283. The van der Waals surface area contributed by atoms with Crippen LogP contribution in [0.4, 0.5) is 0 Å². The zero-order valence-electron chi connectivity index (χ0n) is 15.0. The van der Waals surface area contributed by atoms with E-state index in [1.165, 1.54) is 102 Å². The Labute approximate surface area is 141 Å². The minimum absolute atomic E-state index is 0.00116. The van der Waals surface area contributed by atoms with Gasteiger partial charge in [0.1, 0.15) is 0 Å². The van der Waals surface area contributed by atoms with E-state index in [0.717, 1.165) is 6.17 Å². The van der Waals surface area contributed by atoms with E-state index in [1.807, 2.05) is 0 Å². The third-order valence-electron chi connectivity index (χ3n) is 5.44. The van der Waals surface area contributed by atoms with Gasteiger partial charge < -0.3 is 0 Å². The topological polar surface area (TPSA) is 6.48 Å². The highest BCUT2D eigenvalue weighted by molar-refractivity contribution is 6.44. The number of rotatable bonds is 7. The number of nitrogens with zero attached hydrogens (tertiary/aromatic N) is 2. The van der Waals surface area contributed by atoms with Crippen LogP contribution in [0.25, 0.3) is 0 Å². The third kappa shape index (κ3) is 6.55. The molecule has 22 heavy (non-hydrogen) atoms. The number of likely N-dealkylation sites (tertiary alicyclic amines) is 2. The maximum absolute atomic E-state index is 4.12. The minimum atomic E-state index is 0.00116. The maximum atomic E-state index is 4.12. The predicted molar refractivity (Wildman–Crippen MR) is 101 cm³/mol. The van der Waals surface area contributed by atoms with Crippen LogP contribution < -0.4 is 0 Å². The van der Waals surface area contributed by atoms with E-state index >= 15 is 0 Å². The van der Waals surface area contributed by atoms with Crippen LogP contribution in [0.1, 0.15) is 71.1 Å². The quantitative estimate of drug-likeness (QED) is 0.517. The van der Waals surface area contributed by atoms with Gasteiger partial charge in [-0.2, -0.15) is 0 Å². The molecule has 0 aromatic heterocycles. The lowest BCUT2D eigenvalue weighted by Gasteiger charge is -2.39. The first-order chi connectivity index (χ1) is 10.8. The molecule has 0 saturated carbocycles. The maximum Gasteiger partial charge on any atom is 0.0622 e. The van der Waals surface area contributed by atoms with Gasteiger partial charge in [-0.15, -0.1) is 6.58 Å². The highest BCUT2D eigenvalue weighted by atomic mass is 28.2. The molecule has 0 bridgehead atoms. The van der Waals surface area contributed by atoms with Gasteiger partial charge in [-0.25, -0.2) is 0 Å². The van der Waals surface area contributed by atoms with Gasteiger partial charge in [0, 0.05) is 9.52 Å². The lowest BCUT2D eigenvalue weighted by Crippen LogP contribution is -2.49. The Kier molecular flexibility index (Phi) is 8.79. The summed E-state index contributed by atoms with van der Waals surface area (Å²) in [6.07, 6.45) is 15.1. The van der Waals surface area contributed by atoms with Gasteiger partial charge in [0.15, 0.2) is 0 Å². The van der Waals surface area contributed by atoms with Crippen molar-refractivity contribution in [2.24, 2.45) is 0 Å². The zero-order valence-corrected chi connectivity index (χ0v) is 16.4. The third-order valence-corrected chi connectivity index (χ3v) is 7.15. The van der Waals surface area contributed by atoms with Crippen LogP contribution in [0, 0.1) is 0 Å². The molecule has 2 saturated heterocycles. The molecule has 0 aliphatic carbocycles. The molecule has 2 aliphatic rings. The van der Waals surface area contributed by atoms with Crippen molar-refractivity contribution in [1.82, 2.24) is 9.80 Å². The van der Waals surface area contributed by atoms with E-state index in [-0.39, 0.29) is 9.52 Å². The summed E-state index contributed by atoms with van der Waals surface area (Å²) in [6, 6.07) is 1.47. The van der Waals surface area contributed by atoms with Gasteiger partial charge in [0.2, 0.25) is 0 Å². The lowest BCUT2D eigenvalue weighted by atomic mass is 10.2. The fraction of sp³-hybridized carbons (Fsp3) is 0.895. The van der Waals surface area contributed by atoms with E-state index in [9.17, 15) is 0 Å². The number of hydrogen-bond acceptors (Lipinski definition) is 2. The monoisotopic (exact) mass is 322 g/mol. The molecule has 0 amide bonds. The van der Waals surface area contributed by atoms with Crippen molar-refractivity contribution in [2.45, 2.75) is 83.3 Å². The first-order valence-electron chi connectivity index (χ1n) is 9.90. The Morgan fingerprint density at radius 2 is 1.32 bits per heavy atom. The van der Waals surface area contributed by atoms with Crippen LogP contribution in [0.5, 0.6) is 0 Å². The first-order valence-corrected chi connectivity index (χ1v) is 11.6. The fourth-order valence-electron chi connectivity index (χ4n) is 4.14. The molecular formula is C19H38N2Si. The molecule has 0 atom stereocenters. The molecule has 2 nitrogen and oxygen atoms in total. The Hall–Kier alpha value is -0.123. The van der Waals surface area contributed by atoms with Gasteiger partial charge >= 0.3 is 0 Å². The average Bonchev–Trinajstić information content (AvgIpc) is 2.91. The van der Waals surface area contributed by atoms with Crippen molar-refractivity contribution < 1.29 is 0 Å². The van der Waals surface area contributed by atoms with Gasteiger partial charge in [-0.3, -0.25) is 9.80 Å². The molecule has 2 aliphatic heterocycles. The second-order valence-electron chi connectivity index (χ2n) is 7.58. The molecule has 0 aromatic carbocycles. The fourth-order valence-corrected chi connectivity index (χ4v) is 5.28. The van der Waals surface area contributed by atoms with Crippen molar-refractivity contribution in [3.63, 3.8) is 0 Å². The van der Waals surface area contributed by atoms with Crippen LogP contribution in [0.3, 0.4) is 0 Å². The van der Waals surface area contributed by atoms with Crippen molar-refractivity contribution in [3.05, 3.63) is 11.8 Å². The molecule has 2 fully saturated rings. The van der Waals surface area contributed by atoms with Gasteiger partial charge in [0.05, 0.1) is 6.17 Å². The molecule has 0 spiro atoms. The minimum Gasteiger partial charge on any atom is -0.288 e. The van der Waals surface area contributed by atoms with E-state index in [2.05, 4.69) is 23.3 Å². The van der Waals surface area contributed by atoms with Crippen molar-refractivity contribution in [3.8, 4) is 0 Å². The summed E-state index contributed by atoms with van der Waals surface area (Å²) in [5.41, 5.74) is 0. The summed E-state index contributed by atoms with van der Waals surface area (Å²) in [6.45, 7) is 11.7. The van der Waals surface area contributed by atoms with Crippen molar-refractivity contribution >= 4 is 9.52 Å². The van der Waals surface area contributed by atoms with E-state index < -0.39 is 0 Å². The van der Waals surface area contributed by atoms with Crippen LogP contribution in [0.15, 0.2) is 11.8 Å². The van der Waals surface area contributed by atoms with Crippen LogP contribution in [0.2, 0.25) is 6.04 Å². The highest BCUT2D eigenvalue weighted by Crippen LogP contribution is 2.22. The van der Waals surface area contributed by atoms with Crippen LogP contribution in [-0.4, -0.2) is 51.7 Å². The molecule has 2 rings (SSSR count). The second kappa shape index (κ2) is 10.6. The van der Waals surface area contributed by atoms with Gasteiger partial charge in [-0.05, 0) is 65.2 Å². The molecule has 0 unspecified atom stereocenters. The summed E-state index contributed by atoms with van der Waals surface area (Å²) in [5, 5.41) is 1.49. The molecular weight excluding hydrogens is 284 g/mol. The predicted octanol–water partition coefficient (Wildman–Crippen LogP) is 3.97. The SMILES string of the molecule is C=C(C)[SiH2]CCCC(N1CCCCCC1)N1CCCCCC1. The van der Waals surface area contributed by atoms with E-state index in [0.29, 0.717) is 0 Å². The van der Waals surface area contributed by atoms with Gasteiger partial charge in [0.25, 0.3) is 0 Å². The summed E-state index contributed by atoms with van der Waals surface area (Å²) in [5.74, 6) is 0. The normalized spacial score (nSPS) is 23.0. The molecule has 3 heteroatoms. The Balaban J connectivity index is 1.90. The summed E-state index contributed by atoms with van der Waals surface area (Å²) in [4.78, 5) is 5.70. The number of hydrogen-bond donors (Lipinski definition) is 0. The summed E-state index contributed by atoms with van der Waals surface area (Å²) >= 11 is 0. The zero-order chi connectivity index (χ0) is 15.6. The second-order valence-corrected chi connectivity index (χ2v) is 10.00. The van der Waals surface area contributed by atoms with Crippen LogP contribution in [-0.2, 0) is 0 Å². The Morgan fingerprint density at radius 3 is 1.73 bits per heavy atom. The van der Waals surface area contributed by atoms with E-state index in [1.54, 1.807) is 0 Å². The number of allylic oxidation sites excluding steroid dienone is 1. The molecule has 0 aromatic rings.